The average Bonchev–Trinajstić information content (AvgIpc) is 2.96. The molecule has 0 bridgehead atoms. The minimum absolute atomic E-state index is 0.0938. The quantitative estimate of drug-likeness (QED) is 0.781. The fraction of sp³-hybridized carbons (Fsp3) is 0.357. The molecule has 0 amide bonds. The van der Waals surface area contributed by atoms with Crippen LogP contribution >= 0.6 is 11.8 Å². The van der Waals surface area contributed by atoms with Gasteiger partial charge in [0.15, 0.2) is 11.0 Å². The lowest BCUT2D eigenvalue weighted by molar-refractivity contribution is -0.133. The van der Waals surface area contributed by atoms with Crippen molar-refractivity contribution in [3.63, 3.8) is 0 Å². The van der Waals surface area contributed by atoms with Gasteiger partial charge < -0.3 is 14.6 Å². The minimum atomic E-state index is -0.911. The summed E-state index contributed by atoms with van der Waals surface area (Å²) in [5, 5.41) is 17.6. The number of methoxy groups -OCH3 is 2. The lowest BCUT2D eigenvalue weighted by Crippen LogP contribution is -2.08. The van der Waals surface area contributed by atoms with Crippen LogP contribution < -0.4 is 4.74 Å². The topological polar surface area (TPSA) is 86.5 Å². The number of ether oxygens (including phenoxy) is 2. The molecular weight excluding hydrogens is 306 g/mol. The number of carboxylic acids is 1. The summed E-state index contributed by atoms with van der Waals surface area (Å²) in [4.78, 5) is 10.8. The van der Waals surface area contributed by atoms with Gasteiger partial charge in [-0.05, 0) is 19.1 Å². The van der Waals surface area contributed by atoms with Crippen LogP contribution in [0.1, 0.15) is 18.9 Å². The number of rotatable bonds is 7. The zero-order valence-electron chi connectivity index (χ0n) is 12.5. The second-order valence-electron chi connectivity index (χ2n) is 4.44. The zero-order valence-corrected chi connectivity index (χ0v) is 13.3. The van der Waals surface area contributed by atoms with E-state index in [0.717, 1.165) is 17.4 Å². The van der Waals surface area contributed by atoms with Crippen LogP contribution in [0, 0.1) is 0 Å². The number of carbonyl (C=O) groups is 1. The predicted octanol–water partition coefficient (Wildman–Crippen LogP) is 2.16. The van der Waals surface area contributed by atoms with Gasteiger partial charge in [-0.25, -0.2) is 0 Å². The molecular formula is C14H17N3O4S. The van der Waals surface area contributed by atoms with Crippen molar-refractivity contribution in [2.75, 3.05) is 20.0 Å². The molecule has 0 aliphatic carbocycles. The number of hydrogen-bond acceptors (Lipinski definition) is 6. The van der Waals surface area contributed by atoms with Crippen molar-refractivity contribution in [3.8, 4) is 11.4 Å². The highest BCUT2D eigenvalue weighted by Crippen LogP contribution is 2.27. The van der Waals surface area contributed by atoms with Gasteiger partial charge in [0.2, 0.25) is 0 Å². The first kappa shape index (κ1) is 16.3. The first-order valence-electron chi connectivity index (χ1n) is 6.54. The van der Waals surface area contributed by atoms with Crippen molar-refractivity contribution in [3.05, 3.63) is 30.1 Å². The molecule has 1 heterocycles. The molecule has 0 saturated heterocycles. The minimum Gasteiger partial charge on any atom is -0.497 e. The Morgan fingerprint density at radius 3 is 2.82 bits per heavy atom. The second kappa shape index (κ2) is 7.28. The monoisotopic (exact) mass is 323 g/mol. The molecule has 2 rings (SSSR count). The SMILES string of the molecule is COc1cccc(-n2c(SCC(=O)O)nnc2[C@@H](C)OC)c1. The van der Waals surface area contributed by atoms with Gasteiger partial charge in [-0.2, -0.15) is 0 Å². The van der Waals surface area contributed by atoms with Gasteiger partial charge in [-0.3, -0.25) is 9.36 Å². The lowest BCUT2D eigenvalue weighted by atomic mass is 10.3. The molecule has 7 nitrogen and oxygen atoms in total. The van der Waals surface area contributed by atoms with Crippen molar-refractivity contribution in [2.24, 2.45) is 0 Å². The zero-order chi connectivity index (χ0) is 16.1. The third-order valence-corrected chi connectivity index (χ3v) is 3.93. The third kappa shape index (κ3) is 3.58. The van der Waals surface area contributed by atoms with E-state index in [2.05, 4.69) is 10.2 Å². The van der Waals surface area contributed by atoms with Crippen molar-refractivity contribution < 1.29 is 19.4 Å². The molecule has 0 aliphatic heterocycles. The summed E-state index contributed by atoms with van der Waals surface area (Å²) in [5.74, 6) is 0.287. The molecule has 8 heteroatoms. The van der Waals surface area contributed by atoms with Crippen LogP contribution in [0.4, 0.5) is 0 Å². The Labute approximate surface area is 132 Å². The first-order chi connectivity index (χ1) is 10.6. The molecule has 2 aromatic rings. The smallest absolute Gasteiger partial charge is 0.313 e. The molecule has 0 unspecified atom stereocenters. The van der Waals surface area contributed by atoms with Crippen LogP contribution in [-0.2, 0) is 9.53 Å². The van der Waals surface area contributed by atoms with Crippen molar-refractivity contribution in [1.29, 1.82) is 0 Å². The maximum atomic E-state index is 10.8. The Morgan fingerprint density at radius 2 is 2.18 bits per heavy atom. The molecule has 22 heavy (non-hydrogen) atoms. The molecule has 1 N–H and O–H groups in total. The average molecular weight is 323 g/mol. The van der Waals surface area contributed by atoms with Gasteiger partial charge in [0, 0.05) is 13.2 Å². The van der Waals surface area contributed by atoms with Crippen LogP contribution in [0.5, 0.6) is 5.75 Å². The van der Waals surface area contributed by atoms with E-state index in [1.165, 1.54) is 0 Å². The summed E-state index contributed by atoms with van der Waals surface area (Å²) >= 11 is 1.11. The van der Waals surface area contributed by atoms with Crippen LogP contribution in [0.3, 0.4) is 0 Å². The highest BCUT2D eigenvalue weighted by Gasteiger charge is 2.20. The van der Waals surface area contributed by atoms with Gasteiger partial charge in [0.1, 0.15) is 11.9 Å². The van der Waals surface area contributed by atoms with Crippen molar-refractivity contribution >= 4 is 17.7 Å². The van der Waals surface area contributed by atoms with E-state index in [9.17, 15) is 4.79 Å². The van der Waals surface area contributed by atoms with Crippen molar-refractivity contribution in [2.45, 2.75) is 18.2 Å². The van der Waals surface area contributed by atoms with E-state index in [-0.39, 0.29) is 11.9 Å². The molecule has 0 saturated carbocycles. The highest BCUT2D eigenvalue weighted by molar-refractivity contribution is 7.99. The summed E-state index contributed by atoms with van der Waals surface area (Å²) in [6.07, 6.45) is -0.280. The largest absolute Gasteiger partial charge is 0.497 e. The number of benzene rings is 1. The summed E-state index contributed by atoms with van der Waals surface area (Å²) < 4.78 is 12.3. The molecule has 1 aromatic heterocycles. The standard InChI is InChI=1S/C14H17N3O4S/c1-9(20-2)13-15-16-14(22-8-12(18)19)17(13)10-5-4-6-11(7-10)21-3/h4-7,9H,8H2,1-3H3,(H,18,19)/t9-/m1/s1. The van der Waals surface area contributed by atoms with Crippen LogP contribution in [0.25, 0.3) is 5.69 Å². The van der Waals surface area contributed by atoms with Crippen molar-refractivity contribution in [1.82, 2.24) is 14.8 Å². The molecule has 1 aromatic carbocycles. The van der Waals surface area contributed by atoms with E-state index in [4.69, 9.17) is 14.6 Å². The number of thioether (sulfide) groups is 1. The molecule has 0 radical (unpaired) electrons. The second-order valence-corrected chi connectivity index (χ2v) is 5.38. The fourth-order valence-corrected chi connectivity index (χ4v) is 2.54. The van der Waals surface area contributed by atoms with Gasteiger partial charge in [-0.15, -0.1) is 10.2 Å². The number of hydrogen-bond donors (Lipinski definition) is 1. The maximum absolute atomic E-state index is 10.8. The van der Waals surface area contributed by atoms with Gasteiger partial charge in [0.05, 0.1) is 18.6 Å². The summed E-state index contributed by atoms with van der Waals surface area (Å²) in [6.45, 7) is 1.85. The third-order valence-electron chi connectivity index (χ3n) is 3.01. The molecule has 0 aliphatic rings. The number of carboxylic acid groups (broad SMARTS) is 1. The summed E-state index contributed by atoms with van der Waals surface area (Å²) in [5.41, 5.74) is 0.788. The number of aromatic nitrogens is 3. The lowest BCUT2D eigenvalue weighted by Gasteiger charge is -2.14. The molecule has 1 atom stereocenters. The van der Waals surface area contributed by atoms with E-state index in [1.807, 2.05) is 31.2 Å². The fourth-order valence-electron chi connectivity index (χ4n) is 1.86. The Bertz CT molecular complexity index is 659. The molecule has 118 valence electrons. The van der Waals surface area contributed by atoms with E-state index in [0.29, 0.717) is 16.7 Å². The van der Waals surface area contributed by atoms with E-state index >= 15 is 0 Å². The first-order valence-corrected chi connectivity index (χ1v) is 7.52. The Morgan fingerprint density at radius 1 is 1.41 bits per heavy atom. The normalized spacial score (nSPS) is 12.1. The maximum Gasteiger partial charge on any atom is 0.313 e. The summed E-state index contributed by atoms with van der Waals surface area (Å²) in [6, 6.07) is 7.39. The Hall–Kier alpha value is -2.06. The van der Waals surface area contributed by atoms with Gasteiger partial charge in [-0.1, -0.05) is 17.8 Å². The van der Waals surface area contributed by atoms with Crippen LogP contribution in [0.15, 0.2) is 29.4 Å². The van der Waals surface area contributed by atoms with Crippen LogP contribution in [-0.4, -0.2) is 45.8 Å². The van der Waals surface area contributed by atoms with Crippen LogP contribution in [0.2, 0.25) is 0 Å². The highest BCUT2D eigenvalue weighted by atomic mass is 32.2. The summed E-state index contributed by atoms with van der Waals surface area (Å²) in [7, 11) is 3.17. The molecule has 0 fully saturated rings. The Kier molecular flexibility index (Phi) is 5.40. The van der Waals surface area contributed by atoms with E-state index in [1.54, 1.807) is 18.8 Å². The predicted molar refractivity (Wildman–Crippen MR) is 81.7 cm³/mol. The Balaban J connectivity index is 2.48. The van der Waals surface area contributed by atoms with Gasteiger partial charge in [0.25, 0.3) is 0 Å². The number of nitrogens with zero attached hydrogens (tertiary/aromatic N) is 3. The molecule has 0 spiro atoms. The number of aliphatic carboxylic acids is 1. The van der Waals surface area contributed by atoms with Gasteiger partial charge >= 0.3 is 5.97 Å². The van der Waals surface area contributed by atoms with E-state index < -0.39 is 5.97 Å².